The summed E-state index contributed by atoms with van der Waals surface area (Å²) in [6.45, 7) is 0. The molecule has 4 aromatic rings. The molecule has 4 rings (SSSR count). The highest BCUT2D eigenvalue weighted by atomic mass is 32.2. The highest BCUT2D eigenvalue weighted by Crippen LogP contribution is 2.31. The average molecular weight is 485 g/mol. The van der Waals surface area contributed by atoms with E-state index in [0.717, 1.165) is 5.56 Å². The predicted molar refractivity (Wildman–Crippen MR) is 133 cm³/mol. The van der Waals surface area contributed by atoms with E-state index in [1.54, 1.807) is 49.6 Å². The van der Waals surface area contributed by atoms with Crippen LogP contribution in [0.2, 0.25) is 0 Å². The number of nitrogens with zero attached hydrogens (tertiary/aromatic N) is 1. The van der Waals surface area contributed by atoms with Crippen molar-refractivity contribution in [3.8, 4) is 28.7 Å². The van der Waals surface area contributed by atoms with Crippen LogP contribution in [-0.4, -0.2) is 31.6 Å². The van der Waals surface area contributed by atoms with Crippen molar-refractivity contribution < 1.29 is 23.1 Å². The van der Waals surface area contributed by atoms with E-state index in [2.05, 4.69) is 21.5 Å². The largest absolute Gasteiger partial charge is 0.496 e. The van der Waals surface area contributed by atoms with Gasteiger partial charge in [-0.05, 0) is 48.0 Å². The second kappa shape index (κ2) is 10.1. The Labute approximate surface area is 203 Å². The molecule has 0 aliphatic heterocycles. The summed E-state index contributed by atoms with van der Waals surface area (Å²) in [6.07, 6.45) is 1.35. The summed E-state index contributed by atoms with van der Waals surface area (Å²) in [7, 11) is -2.36. The van der Waals surface area contributed by atoms with Gasteiger partial charge in [-0.15, -0.1) is 0 Å². The first-order valence-electron chi connectivity index (χ1n) is 10.4. The second-order valence-corrected chi connectivity index (χ2v) is 9.05. The van der Waals surface area contributed by atoms with Gasteiger partial charge in [0.2, 0.25) is 0 Å². The molecular formula is C27H20N2O5S. The SMILES string of the molecule is COc1ccccc1-c1cccc(S(=O)(=O)Nc2ccccc2C#Cc2ccc(C(=O)O)nc2)c1. The van der Waals surface area contributed by atoms with E-state index in [1.165, 1.54) is 18.3 Å². The van der Waals surface area contributed by atoms with Crippen molar-refractivity contribution in [2.75, 3.05) is 11.8 Å². The van der Waals surface area contributed by atoms with Crippen LogP contribution in [0, 0.1) is 11.8 Å². The third-order valence-electron chi connectivity index (χ3n) is 5.06. The van der Waals surface area contributed by atoms with Crippen molar-refractivity contribution in [2.45, 2.75) is 4.90 Å². The zero-order valence-corrected chi connectivity index (χ0v) is 19.4. The molecule has 0 aliphatic carbocycles. The molecule has 0 aliphatic rings. The van der Waals surface area contributed by atoms with Gasteiger partial charge in [-0.3, -0.25) is 4.72 Å². The van der Waals surface area contributed by atoms with Crippen molar-refractivity contribution in [3.63, 3.8) is 0 Å². The summed E-state index contributed by atoms with van der Waals surface area (Å²) in [4.78, 5) is 14.9. The van der Waals surface area contributed by atoms with E-state index in [0.29, 0.717) is 28.1 Å². The number of anilines is 1. The van der Waals surface area contributed by atoms with Crippen LogP contribution in [0.4, 0.5) is 5.69 Å². The van der Waals surface area contributed by atoms with Crippen LogP contribution < -0.4 is 9.46 Å². The topological polar surface area (TPSA) is 106 Å². The Bertz CT molecular complexity index is 1550. The number of rotatable bonds is 6. The lowest BCUT2D eigenvalue weighted by Gasteiger charge is -2.12. The van der Waals surface area contributed by atoms with Gasteiger partial charge in [0.05, 0.1) is 17.7 Å². The molecule has 0 amide bonds. The normalized spacial score (nSPS) is 10.7. The number of carboxylic acids is 1. The van der Waals surface area contributed by atoms with Crippen LogP contribution >= 0.6 is 0 Å². The second-order valence-electron chi connectivity index (χ2n) is 7.37. The lowest BCUT2D eigenvalue weighted by atomic mass is 10.1. The molecule has 0 spiro atoms. The maximum atomic E-state index is 13.2. The van der Waals surface area contributed by atoms with Crippen molar-refractivity contribution in [2.24, 2.45) is 0 Å². The van der Waals surface area contributed by atoms with Gasteiger partial charge in [-0.2, -0.15) is 0 Å². The molecule has 35 heavy (non-hydrogen) atoms. The monoisotopic (exact) mass is 484 g/mol. The molecule has 7 nitrogen and oxygen atoms in total. The van der Waals surface area contributed by atoms with Crippen molar-refractivity contribution >= 4 is 21.7 Å². The van der Waals surface area contributed by atoms with Crippen molar-refractivity contribution in [1.29, 1.82) is 0 Å². The highest BCUT2D eigenvalue weighted by molar-refractivity contribution is 7.92. The van der Waals surface area contributed by atoms with E-state index >= 15 is 0 Å². The van der Waals surface area contributed by atoms with Gasteiger partial charge in [0.25, 0.3) is 10.0 Å². The first kappa shape index (κ1) is 23.5. The third-order valence-corrected chi connectivity index (χ3v) is 6.42. The molecule has 0 atom stereocenters. The number of hydrogen-bond acceptors (Lipinski definition) is 5. The molecule has 0 saturated carbocycles. The van der Waals surface area contributed by atoms with Crippen molar-refractivity contribution in [1.82, 2.24) is 4.98 Å². The van der Waals surface area contributed by atoms with Gasteiger partial charge in [0.1, 0.15) is 11.4 Å². The molecule has 174 valence electrons. The van der Waals surface area contributed by atoms with Crippen molar-refractivity contribution in [3.05, 3.63) is 108 Å². The molecule has 3 aromatic carbocycles. The fraction of sp³-hybridized carbons (Fsp3) is 0.0370. The third kappa shape index (κ3) is 5.49. The number of nitrogens with one attached hydrogen (secondary N) is 1. The maximum Gasteiger partial charge on any atom is 0.354 e. The predicted octanol–water partition coefficient (Wildman–Crippen LogP) is 4.66. The van der Waals surface area contributed by atoms with E-state index in [9.17, 15) is 13.2 Å². The van der Waals surface area contributed by atoms with Crippen LogP contribution in [0.1, 0.15) is 21.6 Å². The van der Waals surface area contributed by atoms with E-state index in [4.69, 9.17) is 9.84 Å². The summed E-state index contributed by atoms with van der Waals surface area (Å²) >= 11 is 0. The molecule has 1 heterocycles. The Balaban J connectivity index is 1.63. The summed E-state index contributed by atoms with van der Waals surface area (Å²) in [6, 6.07) is 23.6. The van der Waals surface area contributed by atoms with Gasteiger partial charge in [0.15, 0.2) is 0 Å². The minimum absolute atomic E-state index is 0.0842. The number of carbonyl (C=O) groups is 1. The molecule has 8 heteroatoms. The van der Waals surface area contributed by atoms with Crippen LogP contribution in [-0.2, 0) is 10.0 Å². The highest BCUT2D eigenvalue weighted by Gasteiger charge is 2.17. The molecular weight excluding hydrogens is 464 g/mol. The average Bonchev–Trinajstić information content (AvgIpc) is 2.88. The van der Waals surface area contributed by atoms with E-state index < -0.39 is 16.0 Å². The lowest BCUT2D eigenvalue weighted by Crippen LogP contribution is -2.14. The Morgan fingerprint density at radius 2 is 1.71 bits per heavy atom. The number of para-hydroxylation sites is 2. The minimum Gasteiger partial charge on any atom is -0.496 e. The number of sulfonamides is 1. The summed E-state index contributed by atoms with van der Waals surface area (Å²) in [5.41, 5.74) is 2.67. The van der Waals surface area contributed by atoms with Gasteiger partial charge in [0, 0.05) is 22.9 Å². The van der Waals surface area contributed by atoms with E-state index in [1.807, 2.05) is 30.3 Å². The number of methoxy groups -OCH3 is 1. The van der Waals surface area contributed by atoms with Gasteiger partial charge in [-0.25, -0.2) is 18.2 Å². The Kier molecular flexibility index (Phi) is 6.81. The first-order chi connectivity index (χ1) is 16.9. The quantitative estimate of drug-likeness (QED) is 0.386. The van der Waals surface area contributed by atoms with Gasteiger partial charge < -0.3 is 9.84 Å². The van der Waals surface area contributed by atoms with E-state index in [-0.39, 0.29) is 10.6 Å². The first-order valence-corrected chi connectivity index (χ1v) is 11.9. The summed E-state index contributed by atoms with van der Waals surface area (Å²) in [5, 5.41) is 8.96. The van der Waals surface area contributed by atoms with Crippen LogP contribution in [0.25, 0.3) is 11.1 Å². The fourth-order valence-electron chi connectivity index (χ4n) is 3.33. The fourth-order valence-corrected chi connectivity index (χ4v) is 4.46. The number of aromatic carboxylic acids is 1. The van der Waals surface area contributed by atoms with Crippen LogP contribution in [0.5, 0.6) is 5.75 Å². The lowest BCUT2D eigenvalue weighted by molar-refractivity contribution is 0.0690. The number of aromatic nitrogens is 1. The summed E-state index contributed by atoms with van der Waals surface area (Å²) < 4.78 is 34.4. The summed E-state index contributed by atoms with van der Waals surface area (Å²) in [5.74, 6) is 5.32. The van der Waals surface area contributed by atoms with Gasteiger partial charge >= 0.3 is 5.97 Å². The maximum absolute atomic E-state index is 13.2. The molecule has 0 radical (unpaired) electrons. The van der Waals surface area contributed by atoms with Gasteiger partial charge in [-0.1, -0.05) is 54.3 Å². The number of benzene rings is 3. The Morgan fingerprint density at radius 1 is 0.943 bits per heavy atom. The zero-order chi connectivity index (χ0) is 24.8. The van der Waals surface area contributed by atoms with Crippen LogP contribution in [0.15, 0.2) is 96.0 Å². The molecule has 0 bridgehead atoms. The number of carboxylic acid groups (broad SMARTS) is 1. The zero-order valence-electron chi connectivity index (χ0n) is 18.6. The molecule has 2 N–H and O–H groups in total. The molecule has 1 aromatic heterocycles. The molecule has 0 unspecified atom stereocenters. The number of hydrogen-bond donors (Lipinski definition) is 2. The number of ether oxygens (including phenoxy) is 1. The standard InChI is InChI=1S/C27H20N2O5S/c1-34-26-12-5-3-10-23(26)21-8-6-9-22(17-21)35(32,33)29-24-11-4-2-7-20(24)15-13-19-14-16-25(27(30)31)28-18-19/h2-12,14,16-18,29H,1H3,(H,30,31). The number of pyridine rings is 1. The smallest absolute Gasteiger partial charge is 0.354 e. The Hall–Kier alpha value is -4.61. The molecule has 0 saturated heterocycles. The molecule has 0 fully saturated rings. The Morgan fingerprint density at radius 3 is 2.46 bits per heavy atom. The minimum atomic E-state index is -3.92. The van der Waals surface area contributed by atoms with Crippen LogP contribution in [0.3, 0.4) is 0 Å².